The maximum Gasteiger partial charge on any atom is 0.254 e. The highest BCUT2D eigenvalue weighted by Gasteiger charge is 2.23. The first kappa shape index (κ1) is 13.5. The Kier molecular flexibility index (Phi) is 3.98. The predicted octanol–water partition coefficient (Wildman–Crippen LogP) is 2.26. The zero-order valence-corrected chi connectivity index (χ0v) is 13.1. The minimum Gasteiger partial charge on any atom is -0.352 e. The first-order chi connectivity index (χ1) is 9.74. The van der Waals surface area contributed by atoms with Crippen molar-refractivity contribution in [1.82, 2.24) is 14.9 Å². The van der Waals surface area contributed by atoms with E-state index in [4.69, 9.17) is 0 Å². The van der Waals surface area contributed by atoms with Gasteiger partial charge in [0.1, 0.15) is 5.82 Å². The fraction of sp³-hybridized carbons (Fsp3) is 0.308. The second kappa shape index (κ2) is 5.88. The number of aromatic nitrogens is 2. The molecule has 1 saturated heterocycles. The molecule has 20 heavy (non-hydrogen) atoms. The fourth-order valence-electron chi connectivity index (χ4n) is 2.20. The zero-order valence-electron chi connectivity index (χ0n) is 10.7. The lowest BCUT2D eigenvalue weighted by molar-refractivity contribution is 0.0747. The molecule has 0 aromatic carbocycles. The molecule has 0 aliphatic carbocycles. The van der Waals surface area contributed by atoms with Gasteiger partial charge in [0.25, 0.3) is 5.91 Å². The molecule has 2 aromatic rings. The minimum atomic E-state index is 0.103. The van der Waals surface area contributed by atoms with Gasteiger partial charge in [-0.15, -0.1) is 11.3 Å². The van der Waals surface area contributed by atoms with Crippen molar-refractivity contribution in [1.29, 1.82) is 0 Å². The number of rotatable bonds is 2. The summed E-state index contributed by atoms with van der Waals surface area (Å²) >= 11 is 4.92. The Morgan fingerprint density at radius 2 is 2.05 bits per heavy atom. The number of amides is 1. The van der Waals surface area contributed by atoms with Crippen molar-refractivity contribution < 1.29 is 4.79 Å². The monoisotopic (exact) mass is 352 g/mol. The van der Waals surface area contributed by atoms with Gasteiger partial charge in [0.2, 0.25) is 0 Å². The highest BCUT2D eigenvalue weighted by molar-refractivity contribution is 9.11. The third-order valence-corrected chi connectivity index (χ3v) is 4.76. The molecular formula is C13H13BrN4OS. The summed E-state index contributed by atoms with van der Waals surface area (Å²) in [5, 5.41) is 1.89. The summed E-state index contributed by atoms with van der Waals surface area (Å²) in [4.78, 5) is 24.7. The van der Waals surface area contributed by atoms with E-state index in [0.29, 0.717) is 13.1 Å². The van der Waals surface area contributed by atoms with E-state index in [1.54, 1.807) is 18.6 Å². The Morgan fingerprint density at radius 3 is 2.65 bits per heavy atom. The lowest BCUT2D eigenvalue weighted by Gasteiger charge is -2.35. The van der Waals surface area contributed by atoms with Crippen LogP contribution in [-0.2, 0) is 0 Å². The Labute approximate surface area is 129 Å². The standard InChI is InChI=1S/C13H13BrN4OS/c14-11-7-10(9-20-11)13(19)18-5-3-17(4-6-18)12-8-15-1-2-16-12/h1-2,7-9H,3-6H2. The number of carbonyl (C=O) groups is 1. The average Bonchev–Trinajstić information content (AvgIpc) is 2.94. The minimum absolute atomic E-state index is 0.103. The van der Waals surface area contributed by atoms with Crippen molar-refractivity contribution in [3.05, 3.63) is 39.4 Å². The summed E-state index contributed by atoms with van der Waals surface area (Å²) in [6, 6.07) is 1.88. The molecule has 2 aromatic heterocycles. The predicted molar refractivity (Wildman–Crippen MR) is 82.2 cm³/mol. The van der Waals surface area contributed by atoms with Crippen LogP contribution in [0.4, 0.5) is 5.82 Å². The molecule has 1 fully saturated rings. The van der Waals surface area contributed by atoms with Gasteiger partial charge in [0.05, 0.1) is 15.5 Å². The Hall–Kier alpha value is -1.47. The van der Waals surface area contributed by atoms with Gasteiger partial charge in [-0.25, -0.2) is 4.98 Å². The number of hydrogen-bond acceptors (Lipinski definition) is 5. The molecule has 0 N–H and O–H groups in total. The number of piperazine rings is 1. The third-order valence-electron chi connectivity index (χ3n) is 3.25. The van der Waals surface area contributed by atoms with Crippen LogP contribution in [0.3, 0.4) is 0 Å². The molecule has 104 valence electrons. The van der Waals surface area contributed by atoms with E-state index in [0.717, 1.165) is 28.3 Å². The molecule has 0 radical (unpaired) electrons. The molecule has 0 spiro atoms. The molecule has 0 saturated carbocycles. The highest BCUT2D eigenvalue weighted by atomic mass is 79.9. The van der Waals surface area contributed by atoms with Crippen molar-refractivity contribution in [2.75, 3.05) is 31.1 Å². The van der Waals surface area contributed by atoms with E-state index in [2.05, 4.69) is 30.8 Å². The van der Waals surface area contributed by atoms with Gasteiger partial charge in [-0.2, -0.15) is 0 Å². The van der Waals surface area contributed by atoms with Crippen LogP contribution in [0.25, 0.3) is 0 Å². The highest BCUT2D eigenvalue weighted by Crippen LogP contribution is 2.22. The molecule has 5 nitrogen and oxygen atoms in total. The topological polar surface area (TPSA) is 49.3 Å². The van der Waals surface area contributed by atoms with Crippen LogP contribution in [0.15, 0.2) is 33.8 Å². The molecule has 0 bridgehead atoms. The first-order valence-corrected chi connectivity index (χ1v) is 7.95. The molecular weight excluding hydrogens is 340 g/mol. The van der Waals surface area contributed by atoms with Gasteiger partial charge < -0.3 is 9.80 Å². The Morgan fingerprint density at radius 1 is 1.25 bits per heavy atom. The summed E-state index contributed by atoms with van der Waals surface area (Å²) < 4.78 is 0.985. The van der Waals surface area contributed by atoms with Crippen LogP contribution >= 0.6 is 27.3 Å². The van der Waals surface area contributed by atoms with Crippen LogP contribution in [-0.4, -0.2) is 47.0 Å². The van der Waals surface area contributed by atoms with Crippen LogP contribution in [0.1, 0.15) is 10.4 Å². The van der Waals surface area contributed by atoms with Crippen LogP contribution in [0.2, 0.25) is 0 Å². The lowest BCUT2D eigenvalue weighted by Crippen LogP contribution is -2.49. The maximum absolute atomic E-state index is 12.3. The molecule has 3 heterocycles. The zero-order chi connectivity index (χ0) is 13.9. The molecule has 1 aliphatic rings. The first-order valence-electron chi connectivity index (χ1n) is 6.28. The number of halogens is 1. The smallest absolute Gasteiger partial charge is 0.254 e. The van der Waals surface area contributed by atoms with E-state index in [1.807, 2.05) is 16.3 Å². The van der Waals surface area contributed by atoms with E-state index >= 15 is 0 Å². The largest absolute Gasteiger partial charge is 0.352 e. The molecule has 3 rings (SSSR count). The molecule has 1 amide bonds. The number of nitrogens with zero attached hydrogens (tertiary/aromatic N) is 4. The summed E-state index contributed by atoms with van der Waals surface area (Å²) in [5.41, 5.74) is 0.759. The Bertz CT molecular complexity index is 595. The van der Waals surface area contributed by atoms with E-state index in [9.17, 15) is 4.79 Å². The maximum atomic E-state index is 12.3. The number of carbonyl (C=O) groups excluding carboxylic acids is 1. The van der Waals surface area contributed by atoms with Crippen molar-refractivity contribution in [2.24, 2.45) is 0 Å². The summed E-state index contributed by atoms with van der Waals surface area (Å²) in [6.45, 7) is 3.00. The number of anilines is 1. The normalized spacial score (nSPS) is 15.4. The number of hydrogen-bond donors (Lipinski definition) is 0. The van der Waals surface area contributed by atoms with Gasteiger partial charge >= 0.3 is 0 Å². The molecule has 0 atom stereocenters. The number of thiophene rings is 1. The SMILES string of the molecule is O=C(c1csc(Br)c1)N1CCN(c2cnccn2)CC1. The van der Waals surface area contributed by atoms with Crippen LogP contribution in [0.5, 0.6) is 0 Å². The summed E-state index contributed by atoms with van der Waals surface area (Å²) in [7, 11) is 0. The van der Waals surface area contributed by atoms with Crippen LogP contribution < -0.4 is 4.90 Å². The van der Waals surface area contributed by atoms with E-state index < -0.39 is 0 Å². The average molecular weight is 353 g/mol. The van der Waals surface area contributed by atoms with E-state index in [-0.39, 0.29) is 5.91 Å². The van der Waals surface area contributed by atoms with Crippen molar-refractivity contribution in [3.63, 3.8) is 0 Å². The fourth-order valence-corrected chi connectivity index (χ4v) is 3.33. The van der Waals surface area contributed by atoms with Crippen molar-refractivity contribution in [3.8, 4) is 0 Å². The van der Waals surface area contributed by atoms with E-state index in [1.165, 1.54) is 11.3 Å². The van der Waals surface area contributed by atoms with Crippen LogP contribution in [0, 0.1) is 0 Å². The van der Waals surface area contributed by atoms with Gasteiger partial charge in [0, 0.05) is 44.0 Å². The van der Waals surface area contributed by atoms with Gasteiger partial charge in [-0.3, -0.25) is 9.78 Å². The second-order valence-electron chi connectivity index (χ2n) is 4.48. The Balaban J connectivity index is 1.63. The summed E-state index contributed by atoms with van der Waals surface area (Å²) in [6.07, 6.45) is 5.11. The summed E-state index contributed by atoms with van der Waals surface area (Å²) in [5.74, 6) is 0.976. The van der Waals surface area contributed by atoms with Gasteiger partial charge in [0.15, 0.2) is 0 Å². The quantitative estimate of drug-likeness (QED) is 0.831. The molecule has 7 heteroatoms. The molecule has 0 unspecified atom stereocenters. The van der Waals surface area contributed by atoms with Crippen molar-refractivity contribution in [2.45, 2.75) is 0 Å². The molecule has 1 aliphatic heterocycles. The van der Waals surface area contributed by atoms with Crippen molar-refractivity contribution >= 4 is 39.0 Å². The van der Waals surface area contributed by atoms with Gasteiger partial charge in [-0.1, -0.05) is 0 Å². The van der Waals surface area contributed by atoms with Gasteiger partial charge in [-0.05, 0) is 22.0 Å². The third kappa shape index (κ3) is 2.83. The lowest BCUT2D eigenvalue weighted by atomic mass is 10.2. The second-order valence-corrected chi connectivity index (χ2v) is 6.77.